The molecule has 2 heterocycles. The maximum Gasteiger partial charge on any atom is 0.340 e. The Kier molecular flexibility index (Phi) is 6.38. The highest BCUT2D eigenvalue weighted by Gasteiger charge is 2.18. The first-order valence-corrected chi connectivity index (χ1v) is 10.6. The van der Waals surface area contributed by atoms with Gasteiger partial charge < -0.3 is 29.4 Å². The summed E-state index contributed by atoms with van der Waals surface area (Å²) in [5, 5.41) is 16.8. The molecule has 0 fully saturated rings. The molecule has 0 aliphatic heterocycles. The summed E-state index contributed by atoms with van der Waals surface area (Å²) in [6, 6.07) is 10.8. The Hall–Kier alpha value is -4.11. The standard InChI is InChI=1S/C24H19ClN2O7/c1-12-15-6-17-18(13-2-4-14(25)5-3-13)11-33-19(17)8-20(15)34-24(32)16(12)7-21(28)26-9-22(29)27-10-23(30)31/h2-6,8,11H,7,9-10H2,1H3,(H,26,28)(H,27,29)(H,30,31)/p-1. The second-order valence-corrected chi connectivity index (χ2v) is 8.03. The number of carbonyl (C=O) groups is 3. The van der Waals surface area contributed by atoms with Gasteiger partial charge in [0.15, 0.2) is 0 Å². The minimum atomic E-state index is -1.45. The van der Waals surface area contributed by atoms with Gasteiger partial charge in [0.25, 0.3) is 0 Å². The lowest BCUT2D eigenvalue weighted by Crippen LogP contribution is -2.43. The molecule has 0 spiro atoms. The molecule has 0 saturated carbocycles. The largest absolute Gasteiger partial charge is 0.548 e. The lowest BCUT2D eigenvalue weighted by Gasteiger charge is -2.10. The number of amides is 2. The van der Waals surface area contributed by atoms with Crippen LogP contribution in [0.1, 0.15) is 11.1 Å². The molecule has 0 unspecified atom stereocenters. The number of nitrogens with one attached hydrogen (secondary N) is 2. The topological polar surface area (TPSA) is 142 Å². The summed E-state index contributed by atoms with van der Waals surface area (Å²) in [4.78, 5) is 46.8. The van der Waals surface area contributed by atoms with E-state index >= 15 is 0 Å². The zero-order valence-corrected chi connectivity index (χ0v) is 18.7. The Labute approximate surface area is 197 Å². The summed E-state index contributed by atoms with van der Waals surface area (Å²) in [6.45, 7) is 0.606. The molecule has 0 bridgehead atoms. The highest BCUT2D eigenvalue weighted by Crippen LogP contribution is 2.35. The number of halogens is 1. The SMILES string of the molecule is Cc1c(CC(=O)NCC(=O)NCC(=O)[O-])c(=O)oc2cc3occ(-c4ccc(Cl)cc4)c3cc12. The van der Waals surface area contributed by atoms with E-state index in [0.29, 0.717) is 27.1 Å². The number of aliphatic carboxylic acids is 1. The molecule has 10 heteroatoms. The lowest BCUT2D eigenvalue weighted by molar-refractivity contribution is -0.304. The van der Waals surface area contributed by atoms with Gasteiger partial charge in [-0.3, -0.25) is 9.59 Å². The van der Waals surface area contributed by atoms with Crippen molar-refractivity contribution in [3.05, 3.63) is 69.2 Å². The Balaban J connectivity index is 1.62. The van der Waals surface area contributed by atoms with Crippen LogP contribution in [0.25, 0.3) is 33.1 Å². The van der Waals surface area contributed by atoms with Gasteiger partial charge in [-0.25, -0.2) is 4.79 Å². The average molecular weight is 482 g/mol. The van der Waals surface area contributed by atoms with Crippen LogP contribution in [0, 0.1) is 6.92 Å². The maximum absolute atomic E-state index is 12.6. The summed E-state index contributed by atoms with van der Waals surface area (Å²) >= 11 is 5.99. The normalized spacial score (nSPS) is 11.0. The van der Waals surface area contributed by atoms with Crippen molar-refractivity contribution < 1.29 is 28.3 Å². The second-order valence-electron chi connectivity index (χ2n) is 7.60. The van der Waals surface area contributed by atoms with Crippen molar-refractivity contribution >= 4 is 51.3 Å². The third-order valence-electron chi connectivity index (χ3n) is 5.35. The summed E-state index contributed by atoms with van der Waals surface area (Å²) in [5.74, 6) is -2.74. The molecule has 2 aromatic carbocycles. The fourth-order valence-electron chi connectivity index (χ4n) is 3.60. The number of carboxylic acid groups (broad SMARTS) is 1. The van der Waals surface area contributed by atoms with Crippen LogP contribution in [-0.2, 0) is 20.8 Å². The quantitative estimate of drug-likeness (QED) is 0.382. The number of furan rings is 1. The molecular weight excluding hydrogens is 464 g/mol. The number of aryl methyl sites for hydroxylation is 1. The van der Waals surface area contributed by atoms with E-state index < -0.39 is 36.5 Å². The second kappa shape index (κ2) is 9.40. The Morgan fingerprint density at radius 3 is 2.38 bits per heavy atom. The molecule has 2 N–H and O–H groups in total. The van der Waals surface area contributed by atoms with Crippen molar-refractivity contribution in [2.75, 3.05) is 13.1 Å². The van der Waals surface area contributed by atoms with Crippen LogP contribution in [0.15, 0.2) is 56.3 Å². The van der Waals surface area contributed by atoms with Crippen LogP contribution < -0.4 is 21.4 Å². The molecule has 9 nitrogen and oxygen atoms in total. The minimum absolute atomic E-state index is 0.149. The smallest absolute Gasteiger partial charge is 0.340 e. The van der Waals surface area contributed by atoms with Crippen LogP contribution in [0.2, 0.25) is 5.02 Å². The van der Waals surface area contributed by atoms with E-state index in [1.54, 1.807) is 31.4 Å². The molecule has 174 valence electrons. The lowest BCUT2D eigenvalue weighted by atomic mass is 9.99. The van der Waals surface area contributed by atoms with Gasteiger partial charge in [-0.1, -0.05) is 23.7 Å². The Bertz CT molecular complexity index is 1490. The summed E-state index contributed by atoms with van der Waals surface area (Å²) in [5.41, 5.74) is 2.62. The predicted molar refractivity (Wildman–Crippen MR) is 122 cm³/mol. The molecule has 0 aliphatic rings. The molecule has 0 saturated heterocycles. The number of hydrogen-bond acceptors (Lipinski definition) is 7. The van der Waals surface area contributed by atoms with Crippen molar-refractivity contribution in [3.8, 4) is 11.1 Å². The maximum atomic E-state index is 12.6. The van der Waals surface area contributed by atoms with Gasteiger partial charge in [-0.05, 0) is 36.2 Å². The van der Waals surface area contributed by atoms with Crippen molar-refractivity contribution in [1.82, 2.24) is 10.6 Å². The van der Waals surface area contributed by atoms with Crippen LogP contribution in [0.4, 0.5) is 0 Å². The first-order valence-electron chi connectivity index (χ1n) is 10.2. The molecule has 34 heavy (non-hydrogen) atoms. The van der Waals surface area contributed by atoms with E-state index in [-0.39, 0.29) is 12.0 Å². The number of carboxylic acids is 1. The molecule has 0 atom stereocenters. The molecule has 2 amide bonds. The minimum Gasteiger partial charge on any atom is -0.548 e. The van der Waals surface area contributed by atoms with Crippen LogP contribution in [-0.4, -0.2) is 30.9 Å². The van der Waals surface area contributed by atoms with E-state index in [4.69, 9.17) is 20.4 Å². The Morgan fingerprint density at radius 1 is 0.971 bits per heavy atom. The number of rotatable bonds is 7. The van der Waals surface area contributed by atoms with E-state index in [0.717, 1.165) is 16.5 Å². The molecule has 4 aromatic rings. The van der Waals surface area contributed by atoms with Crippen molar-refractivity contribution in [3.63, 3.8) is 0 Å². The Morgan fingerprint density at radius 2 is 1.68 bits per heavy atom. The van der Waals surface area contributed by atoms with Crippen molar-refractivity contribution in [2.45, 2.75) is 13.3 Å². The van der Waals surface area contributed by atoms with Crippen LogP contribution >= 0.6 is 11.6 Å². The van der Waals surface area contributed by atoms with Gasteiger partial charge in [-0.2, -0.15) is 0 Å². The van der Waals surface area contributed by atoms with E-state index in [1.807, 2.05) is 18.2 Å². The van der Waals surface area contributed by atoms with E-state index in [9.17, 15) is 24.3 Å². The molecule has 0 radical (unpaired) electrons. The van der Waals surface area contributed by atoms with Gasteiger partial charge >= 0.3 is 5.63 Å². The van der Waals surface area contributed by atoms with Crippen LogP contribution in [0.3, 0.4) is 0 Å². The molecule has 0 aliphatic carbocycles. The van der Waals surface area contributed by atoms with Gasteiger partial charge in [0.1, 0.15) is 11.2 Å². The van der Waals surface area contributed by atoms with Crippen molar-refractivity contribution in [1.29, 1.82) is 0 Å². The van der Waals surface area contributed by atoms with E-state index in [1.165, 1.54) is 0 Å². The number of fused-ring (bicyclic) bond motifs is 2. The summed E-state index contributed by atoms with van der Waals surface area (Å²) in [7, 11) is 0. The van der Waals surface area contributed by atoms with Gasteiger partial charge in [0.2, 0.25) is 11.8 Å². The van der Waals surface area contributed by atoms with Gasteiger partial charge in [0, 0.05) is 27.4 Å². The molecule has 2 aromatic heterocycles. The van der Waals surface area contributed by atoms with Crippen molar-refractivity contribution in [2.24, 2.45) is 0 Å². The van der Waals surface area contributed by atoms with Gasteiger partial charge in [-0.15, -0.1) is 0 Å². The fourth-order valence-corrected chi connectivity index (χ4v) is 3.73. The summed E-state index contributed by atoms with van der Waals surface area (Å²) in [6.07, 6.45) is 1.30. The molecule has 4 rings (SSSR count). The molecular formula is C24H18ClN2O7-. The third-order valence-corrected chi connectivity index (χ3v) is 5.60. The number of hydrogen-bond donors (Lipinski definition) is 2. The van der Waals surface area contributed by atoms with Gasteiger partial charge in [0.05, 0.1) is 37.3 Å². The zero-order valence-electron chi connectivity index (χ0n) is 17.9. The summed E-state index contributed by atoms with van der Waals surface area (Å²) < 4.78 is 11.1. The number of benzene rings is 2. The van der Waals surface area contributed by atoms with Crippen LogP contribution in [0.5, 0.6) is 0 Å². The zero-order chi connectivity index (χ0) is 24.4. The average Bonchev–Trinajstić information content (AvgIpc) is 3.21. The monoisotopic (exact) mass is 481 g/mol. The third kappa shape index (κ3) is 4.79. The number of carbonyl (C=O) groups excluding carboxylic acids is 3. The first kappa shape index (κ1) is 23.1. The highest BCUT2D eigenvalue weighted by atomic mass is 35.5. The highest BCUT2D eigenvalue weighted by molar-refractivity contribution is 6.30. The fraction of sp³-hybridized carbons (Fsp3) is 0.167. The first-order chi connectivity index (χ1) is 16.2. The van der Waals surface area contributed by atoms with E-state index in [2.05, 4.69) is 10.6 Å². The predicted octanol–water partition coefficient (Wildman–Crippen LogP) is 1.69.